The smallest absolute Gasteiger partial charge is 0.0593 e. The molecule has 0 amide bonds. The van der Waals surface area contributed by atoms with Crippen LogP contribution in [0.4, 0.5) is 0 Å². The second-order valence-corrected chi connectivity index (χ2v) is 7.35. The van der Waals surface area contributed by atoms with Crippen molar-refractivity contribution in [1.82, 2.24) is 10.2 Å². The van der Waals surface area contributed by atoms with Gasteiger partial charge in [0.15, 0.2) is 0 Å². The first kappa shape index (κ1) is 17.9. The van der Waals surface area contributed by atoms with E-state index < -0.39 is 0 Å². The molecule has 0 aliphatic heterocycles. The average Bonchev–Trinajstić information content (AvgIpc) is 3.17. The summed E-state index contributed by atoms with van der Waals surface area (Å²) in [5, 5.41) is 3.61. The molecule has 1 unspecified atom stereocenters. The summed E-state index contributed by atoms with van der Waals surface area (Å²) >= 11 is 0. The van der Waals surface area contributed by atoms with Gasteiger partial charge < -0.3 is 15.0 Å². The standard InChI is InChI=1S/C17H36N2O/c1-6-9-17(4,13-18-15(2)3)14-19(5)10-11-20-12-16-7-8-16/h15-16,18H,6-14H2,1-5H3. The van der Waals surface area contributed by atoms with Gasteiger partial charge in [0.1, 0.15) is 0 Å². The number of ether oxygens (including phenoxy) is 1. The molecule has 0 heterocycles. The molecule has 1 rings (SSSR count). The van der Waals surface area contributed by atoms with Gasteiger partial charge in [-0.05, 0) is 37.6 Å². The van der Waals surface area contributed by atoms with Gasteiger partial charge in [0.2, 0.25) is 0 Å². The van der Waals surface area contributed by atoms with Crippen molar-refractivity contribution in [2.24, 2.45) is 11.3 Å². The van der Waals surface area contributed by atoms with E-state index in [1.165, 1.54) is 25.7 Å². The number of nitrogens with zero attached hydrogens (tertiary/aromatic N) is 1. The highest BCUT2D eigenvalue weighted by Crippen LogP contribution is 2.28. The molecule has 120 valence electrons. The van der Waals surface area contributed by atoms with Crippen molar-refractivity contribution in [2.45, 2.75) is 59.4 Å². The minimum atomic E-state index is 0.365. The Morgan fingerprint density at radius 3 is 2.60 bits per heavy atom. The van der Waals surface area contributed by atoms with Gasteiger partial charge in [-0.15, -0.1) is 0 Å². The molecular formula is C17H36N2O. The fraction of sp³-hybridized carbons (Fsp3) is 1.00. The zero-order chi connectivity index (χ0) is 15.0. The van der Waals surface area contributed by atoms with Crippen molar-refractivity contribution in [3.8, 4) is 0 Å². The maximum Gasteiger partial charge on any atom is 0.0593 e. The lowest BCUT2D eigenvalue weighted by molar-refractivity contribution is 0.0866. The first-order valence-electron chi connectivity index (χ1n) is 8.45. The molecule has 0 aromatic carbocycles. The fourth-order valence-electron chi connectivity index (χ4n) is 2.76. The molecule has 0 spiro atoms. The molecule has 3 heteroatoms. The lowest BCUT2D eigenvalue weighted by Crippen LogP contribution is -2.43. The van der Waals surface area contributed by atoms with Crippen LogP contribution in [0.2, 0.25) is 0 Å². The molecule has 1 fully saturated rings. The van der Waals surface area contributed by atoms with Crippen LogP contribution in [-0.4, -0.2) is 50.8 Å². The van der Waals surface area contributed by atoms with Crippen LogP contribution in [-0.2, 0) is 4.74 Å². The van der Waals surface area contributed by atoms with E-state index in [1.54, 1.807) is 0 Å². The molecule has 1 aliphatic rings. The lowest BCUT2D eigenvalue weighted by Gasteiger charge is -2.35. The predicted molar refractivity (Wildman–Crippen MR) is 87.2 cm³/mol. The predicted octanol–water partition coefficient (Wildman–Crippen LogP) is 3.15. The second-order valence-electron chi connectivity index (χ2n) is 7.35. The third kappa shape index (κ3) is 8.23. The van der Waals surface area contributed by atoms with E-state index in [0.29, 0.717) is 11.5 Å². The van der Waals surface area contributed by atoms with Crippen LogP contribution >= 0.6 is 0 Å². The Hall–Kier alpha value is -0.120. The molecule has 0 aromatic heterocycles. The van der Waals surface area contributed by atoms with Gasteiger partial charge in [-0.2, -0.15) is 0 Å². The van der Waals surface area contributed by atoms with Crippen LogP contribution in [0.3, 0.4) is 0 Å². The molecule has 1 N–H and O–H groups in total. The van der Waals surface area contributed by atoms with Crippen molar-refractivity contribution in [3.63, 3.8) is 0 Å². The van der Waals surface area contributed by atoms with Crippen molar-refractivity contribution < 1.29 is 4.74 Å². The zero-order valence-electron chi connectivity index (χ0n) is 14.4. The molecule has 0 saturated heterocycles. The lowest BCUT2D eigenvalue weighted by atomic mass is 9.84. The monoisotopic (exact) mass is 284 g/mol. The molecule has 1 aliphatic carbocycles. The Morgan fingerprint density at radius 2 is 2.05 bits per heavy atom. The average molecular weight is 284 g/mol. The highest BCUT2D eigenvalue weighted by Gasteiger charge is 2.25. The van der Waals surface area contributed by atoms with Gasteiger partial charge in [-0.1, -0.05) is 34.1 Å². The van der Waals surface area contributed by atoms with Crippen LogP contribution < -0.4 is 5.32 Å². The Balaban J connectivity index is 2.22. The Labute approximate surface area is 126 Å². The highest BCUT2D eigenvalue weighted by molar-refractivity contribution is 4.80. The Morgan fingerprint density at radius 1 is 1.35 bits per heavy atom. The third-order valence-electron chi connectivity index (χ3n) is 4.11. The zero-order valence-corrected chi connectivity index (χ0v) is 14.4. The summed E-state index contributed by atoms with van der Waals surface area (Å²) in [6.45, 7) is 14.3. The van der Waals surface area contributed by atoms with Crippen molar-refractivity contribution in [1.29, 1.82) is 0 Å². The SMILES string of the molecule is CCCC(C)(CNC(C)C)CN(C)CCOCC1CC1. The minimum Gasteiger partial charge on any atom is -0.380 e. The van der Waals surface area contributed by atoms with Crippen LogP contribution in [0.5, 0.6) is 0 Å². The molecule has 0 bridgehead atoms. The molecule has 1 saturated carbocycles. The number of rotatable bonds is 12. The van der Waals surface area contributed by atoms with E-state index in [1.807, 2.05) is 0 Å². The van der Waals surface area contributed by atoms with Crippen molar-refractivity contribution in [2.75, 3.05) is 39.9 Å². The summed E-state index contributed by atoms with van der Waals surface area (Å²) in [5.74, 6) is 0.876. The van der Waals surface area contributed by atoms with Crippen molar-refractivity contribution in [3.05, 3.63) is 0 Å². The van der Waals surface area contributed by atoms with Gasteiger partial charge in [0, 0.05) is 32.3 Å². The van der Waals surface area contributed by atoms with Crippen molar-refractivity contribution >= 4 is 0 Å². The van der Waals surface area contributed by atoms with E-state index in [-0.39, 0.29) is 0 Å². The Kier molecular flexibility index (Phi) is 8.08. The minimum absolute atomic E-state index is 0.365. The number of hydrogen-bond acceptors (Lipinski definition) is 3. The van der Waals surface area contributed by atoms with Crippen LogP contribution in [0.15, 0.2) is 0 Å². The summed E-state index contributed by atoms with van der Waals surface area (Å²) in [6, 6.07) is 0.568. The van der Waals surface area contributed by atoms with E-state index >= 15 is 0 Å². The maximum atomic E-state index is 5.74. The number of hydrogen-bond donors (Lipinski definition) is 1. The second kappa shape index (κ2) is 9.01. The van der Waals surface area contributed by atoms with Gasteiger partial charge in [0.05, 0.1) is 6.61 Å². The van der Waals surface area contributed by atoms with E-state index in [0.717, 1.165) is 38.8 Å². The summed E-state index contributed by atoms with van der Waals surface area (Å²) in [4.78, 5) is 2.44. The topological polar surface area (TPSA) is 24.5 Å². The Bertz CT molecular complexity index is 253. The largest absolute Gasteiger partial charge is 0.380 e. The van der Waals surface area contributed by atoms with Crippen LogP contribution in [0.25, 0.3) is 0 Å². The third-order valence-corrected chi connectivity index (χ3v) is 4.11. The summed E-state index contributed by atoms with van der Waals surface area (Å²) < 4.78 is 5.74. The highest BCUT2D eigenvalue weighted by atomic mass is 16.5. The van der Waals surface area contributed by atoms with Crippen LogP contribution in [0.1, 0.15) is 53.4 Å². The first-order valence-corrected chi connectivity index (χ1v) is 8.45. The number of nitrogens with one attached hydrogen (secondary N) is 1. The quantitative estimate of drug-likeness (QED) is 0.557. The summed E-state index contributed by atoms with van der Waals surface area (Å²) in [5.41, 5.74) is 0.365. The van der Waals surface area contributed by atoms with Gasteiger partial charge in [-0.3, -0.25) is 0 Å². The maximum absolute atomic E-state index is 5.74. The fourth-order valence-corrected chi connectivity index (χ4v) is 2.76. The molecule has 3 nitrogen and oxygen atoms in total. The molecule has 0 radical (unpaired) electrons. The molecule has 20 heavy (non-hydrogen) atoms. The molecule has 0 aromatic rings. The summed E-state index contributed by atoms with van der Waals surface area (Å²) in [7, 11) is 2.23. The van der Waals surface area contributed by atoms with Gasteiger partial charge in [0.25, 0.3) is 0 Å². The molecule has 1 atom stereocenters. The first-order chi connectivity index (χ1) is 9.45. The molecular weight excluding hydrogens is 248 g/mol. The van der Waals surface area contributed by atoms with E-state index in [4.69, 9.17) is 4.74 Å². The van der Waals surface area contributed by atoms with Crippen LogP contribution in [0, 0.1) is 11.3 Å². The normalized spacial score (nSPS) is 18.8. The van der Waals surface area contributed by atoms with E-state index in [2.05, 4.69) is 45.0 Å². The van der Waals surface area contributed by atoms with E-state index in [9.17, 15) is 0 Å². The van der Waals surface area contributed by atoms with Gasteiger partial charge in [-0.25, -0.2) is 0 Å². The van der Waals surface area contributed by atoms with Gasteiger partial charge >= 0.3 is 0 Å². The summed E-state index contributed by atoms with van der Waals surface area (Å²) in [6.07, 6.45) is 5.29. The number of likely N-dealkylation sites (N-methyl/N-ethyl adjacent to an activating group) is 1.